The van der Waals surface area contributed by atoms with E-state index in [1.54, 1.807) is 31.2 Å². The first-order valence-corrected chi connectivity index (χ1v) is 8.09. The van der Waals surface area contributed by atoms with Crippen LogP contribution in [-0.2, 0) is 10.0 Å². The number of anilines is 3. The molecule has 0 saturated heterocycles. The van der Waals surface area contributed by atoms with E-state index in [0.717, 1.165) is 5.41 Å². The first kappa shape index (κ1) is 16.3. The van der Waals surface area contributed by atoms with Gasteiger partial charge in [-0.3, -0.25) is 4.72 Å². The number of nitrogens with zero attached hydrogens (tertiary/aromatic N) is 2. The van der Waals surface area contributed by atoms with Crippen LogP contribution < -0.4 is 16.2 Å². The molecule has 0 saturated carbocycles. The monoisotopic (exact) mass is 329 g/mol. The third kappa shape index (κ3) is 4.46. The fourth-order valence-corrected chi connectivity index (χ4v) is 2.60. The van der Waals surface area contributed by atoms with Gasteiger partial charge in [0.2, 0.25) is 0 Å². The fourth-order valence-electron chi connectivity index (χ4n) is 1.71. The molecule has 2 aromatic rings. The molecule has 1 aromatic heterocycles. The molecular weight excluding hydrogens is 314 g/mol. The summed E-state index contributed by atoms with van der Waals surface area (Å²) >= 11 is 0. The number of rotatable bonds is 3. The average Bonchev–Trinajstić information content (AvgIpc) is 2.46. The second-order valence-corrected chi connectivity index (χ2v) is 6.03. The summed E-state index contributed by atoms with van der Waals surface area (Å²) in [6.07, 6.45) is 2.69. The number of aromatic nitrogens is 2. The van der Waals surface area contributed by atoms with Gasteiger partial charge in [-0.05, 0) is 25.1 Å². The zero-order valence-electron chi connectivity index (χ0n) is 12.3. The highest BCUT2D eigenvalue weighted by atomic mass is 32.2. The molecule has 2 rings (SSSR count). The SMILES string of the molecule is C/C=C/S(=O)(=O)Nc1cccc(C#Cc2c(N)ncnc2N)c1. The summed E-state index contributed by atoms with van der Waals surface area (Å²) in [5, 5.41) is 1.08. The molecule has 0 unspecified atom stereocenters. The van der Waals surface area contributed by atoms with Gasteiger partial charge in [0.1, 0.15) is 23.5 Å². The van der Waals surface area contributed by atoms with Gasteiger partial charge in [-0.2, -0.15) is 0 Å². The summed E-state index contributed by atoms with van der Waals surface area (Å²) in [7, 11) is -3.52. The van der Waals surface area contributed by atoms with Gasteiger partial charge in [-0.25, -0.2) is 18.4 Å². The molecule has 0 radical (unpaired) electrons. The first-order valence-electron chi connectivity index (χ1n) is 6.55. The Morgan fingerprint density at radius 3 is 2.52 bits per heavy atom. The number of hydrogen-bond donors (Lipinski definition) is 3. The smallest absolute Gasteiger partial charge is 0.254 e. The van der Waals surface area contributed by atoms with Crippen LogP contribution in [0.15, 0.2) is 42.1 Å². The number of hydrogen-bond acceptors (Lipinski definition) is 6. The molecule has 1 heterocycles. The molecule has 0 atom stereocenters. The second-order valence-electron chi connectivity index (χ2n) is 4.47. The van der Waals surface area contributed by atoms with Crippen LogP contribution in [0.1, 0.15) is 18.1 Å². The lowest BCUT2D eigenvalue weighted by molar-refractivity contribution is 0.609. The zero-order valence-corrected chi connectivity index (χ0v) is 13.1. The topological polar surface area (TPSA) is 124 Å². The maximum Gasteiger partial charge on any atom is 0.254 e. The lowest BCUT2D eigenvalue weighted by Crippen LogP contribution is -2.08. The molecule has 0 amide bonds. The molecule has 0 aliphatic heterocycles. The van der Waals surface area contributed by atoms with E-state index in [0.29, 0.717) is 16.8 Å². The van der Waals surface area contributed by atoms with Gasteiger partial charge in [0.15, 0.2) is 0 Å². The summed E-state index contributed by atoms with van der Waals surface area (Å²) < 4.78 is 25.8. The Bertz CT molecular complexity index is 891. The van der Waals surface area contributed by atoms with Crippen molar-refractivity contribution in [2.24, 2.45) is 0 Å². The van der Waals surface area contributed by atoms with Crippen molar-refractivity contribution in [1.82, 2.24) is 9.97 Å². The van der Waals surface area contributed by atoms with Crippen molar-refractivity contribution in [3.8, 4) is 11.8 Å². The van der Waals surface area contributed by atoms with Gasteiger partial charge in [0.25, 0.3) is 10.0 Å². The Balaban J connectivity index is 2.30. The summed E-state index contributed by atoms with van der Waals surface area (Å²) in [6.45, 7) is 1.62. The van der Waals surface area contributed by atoms with Crippen molar-refractivity contribution in [1.29, 1.82) is 0 Å². The van der Waals surface area contributed by atoms with Crippen LogP contribution in [0.5, 0.6) is 0 Å². The van der Waals surface area contributed by atoms with Crippen molar-refractivity contribution >= 4 is 27.3 Å². The van der Waals surface area contributed by atoms with Crippen molar-refractivity contribution in [2.75, 3.05) is 16.2 Å². The standard InChI is InChI=1S/C15H15N5O2S/c1-2-8-23(21,22)20-12-5-3-4-11(9-12)6-7-13-14(16)18-10-19-15(13)17/h2-5,8-10,20H,1H3,(H4,16,17,18,19)/b8-2+. The molecule has 23 heavy (non-hydrogen) atoms. The van der Waals surface area contributed by atoms with E-state index in [-0.39, 0.29) is 11.6 Å². The Kier molecular flexibility index (Phi) is 4.83. The summed E-state index contributed by atoms with van der Waals surface area (Å²) in [4.78, 5) is 7.65. The molecule has 118 valence electrons. The molecule has 0 aliphatic rings. The van der Waals surface area contributed by atoms with E-state index in [1.165, 1.54) is 12.4 Å². The van der Waals surface area contributed by atoms with Crippen molar-refractivity contribution in [3.05, 3.63) is 53.2 Å². The van der Waals surface area contributed by atoms with Gasteiger partial charge in [0, 0.05) is 11.0 Å². The predicted octanol–water partition coefficient (Wildman–Crippen LogP) is 1.32. The normalized spacial score (nSPS) is 11.0. The van der Waals surface area contributed by atoms with Crippen LogP contribution in [0.25, 0.3) is 0 Å². The summed E-state index contributed by atoms with van der Waals surface area (Å²) in [5.41, 5.74) is 12.7. The molecule has 0 bridgehead atoms. The van der Waals surface area contributed by atoms with Crippen molar-refractivity contribution in [2.45, 2.75) is 6.92 Å². The Hall–Kier alpha value is -3.05. The van der Waals surface area contributed by atoms with Crippen LogP contribution in [0, 0.1) is 11.8 Å². The van der Waals surface area contributed by atoms with E-state index >= 15 is 0 Å². The van der Waals surface area contributed by atoms with Gasteiger partial charge in [-0.15, -0.1) is 0 Å². The lowest BCUT2D eigenvalue weighted by Gasteiger charge is -2.04. The molecule has 8 heteroatoms. The number of nitrogen functional groups attached to an aromatic ring is 2. The minimum atomic E-state index is -3.52. The zero-order chi connectivity index (χ0) is 16.9. The number of nitrogens with two attached hydrogens (primary N) is 2. The number of benzene rings is 1. The molecular formula is C15H15N5O2S. The molecule has 0 spiro atoms. The molecule has 1 aromatic carbocycles. The molecule has 7 nitrogen and oxygen atoms in total. The summed E-state index contributed by atoms with van der Waals surface area (Å²) in [5.74, 6) is 6.03. The summed E-state index contributed by atoms with van der Waals surface area (Å²) in [6, 6.07) is 6.65. The Labute approximate surface area is 134 Å². The van der Waals surface area contributed by atoms with E-state index in [9.17, 15) is 8.42 Å². The first-order chi connectivity index (χ1) is 10.9. The largest absolute Gasteiger partial charge is 0.382 e. The highest BCUT2D eigenvalue weighted by Gasteiger charge is 2.05. The Morgan fingerprint density at radius 1 is 1.17 bits per heavy atom. The maximum absolute atomic E-state index is 11.7. The van der Waals surface area contributed by atoms with E-state index in [1.807, 2.05) is 0 Å². The lowest BCUT2D eigenvalue weighted by atomic mass is 10.2. The van der Waals surface area contributed by atoms with Crippen molar-refractivity contribution < 1.29 is 8.42 Å². The highest BCUT2D eigenvalue weighted by Crippen LogP contribution is 2.14. The third-order valence-corrected chi connectivity index (χ3v) is 3.83. The van der Waals surface area contributed by atoms with Crippen LogP contribution in [0.4, 0.5) is 17.3 Å². The average molecular weight is 329 g/mol. The minimum absolute atomic E-state index is 0.190. The molecule has 0 fully saturated rings. The Morgan fingerprint density at radius 2 is 1.87 bits per heavy atom. The quantitative estimate of drug-likeness (QED) is 0.729. The van der Waals surface area contributed by atoms with Gasteiger partial charge in [0.05, 0.1) is 5.69 Å². The minimum Gasteiger partial charge on any atom is -0.382 e. The van der Waals surface area contributed by atoms with Crippen LogP contribution in [0.2, 0.25) is 0 Å². The second kappa shape index (κ2) is 6.81. The van der Waals surface area contributed by atoms with E-state index in [2.05, 4.69) is 26.5 Å². The number of allylic oxidation sites excluding steroid dienone is 1. The van der Waals surface area contributed by atoms with Crippen LogP contribution in [0.3, 0.4) is 0 Å². The fraction of sp³-hybridized carbons (Fsp3) is 0.0667. The van der Waals surface area contributed by atoms with Gasteiger partial charge >= 0.3 is 0 Å². The van der Waals surface area contributed by atoms with Gasteiger partial charge < -0.3 is 11.5 Å². The van der Waals surface area contributed by atoms with Gasteiger partial charge in [-0.1, -0.05) is 24.0 Å². The predicted molar refractivity (Wildman–Crippen MR) is 90.6 cm³/mol. The molecule has 0 aliphatic carbocycles. The maximum atomic E-state index is 11.7. The third-order valence-electron chi connectivity index (χ3n) is 2.68. The number of nitrogens with one attached hydrogen (secondary N) is 1. The van der Waals surface area contributed by atoms with E-state index < -0.39 is 10.0 Å². The highest BCUT2D eigenvalue weighted by molar-refractivity contribution is 7.95. The van der Waals surface area contributed by atoms with Crippen LogP contribution >= 0.6 is 0 Å². The van der Waals surface area contributed by atoms with Crippen molar-refractivity contribution in [3.63, 3.8) is 0 Å². The van der Waals surface area contributed by atoms with Crippen LogP contribution in [-0.4, -0.2) is 18.4 Å². The molecule has 5 N–H and O–H groups in total. The number of sulfonamides is 1. The van der Waals surface area contributed by atoms with E-state index in [4.69, 9.17) is 11.5 Å².